The smallest absolute Gasteiger partial charge is 0.292 e. The van der Waals surface area contributed by atoms with Gasteiger partial charge in [-0.3, -0.25) is 10.1 Å². The lowest BCUT2D eigenvalue weighted by Crippen LogP contribution is -2.19. The van der Waals surface area contributed by atoms with E-state index in [9.17, 15) is 10.1 Å². The zero-order valence-corrected chi connectivity index (χ0v) is 12.0. The number of benzene rings is 2. The van der Waals surface area contributed by atoms with Gasteiger partial charge in [0.15, 0.2) is 0 Å². The molecule has 0 spiro atoms. The van der Waals surface area contributed by atoms with Crippen LogP contribution in [0.15, 0.2) is 42.5 Å². The van der Waals surface area contributed by atoms with Crippen LogP contribution < -0.4 is 5.73 Å². The number of hydrogen-bond donors (Lipinski definition) is 1. The zero-order chi connectivity index (χ0) is 14.9. The molecule has 0 radical (unpaired) electrons. The van der Waals surface area contributed by atoms with Gasteiger partial charge >= 0.3 is 0 Å². The van der Waals surface area contributed by atoms with Crippen LogP contribution in [0.2, 0.25) is 5.02 Å². The summed E-state index contributed by atoms with van der Waals surface area (Å²) >= 11 is 5.89. The quantitative estimate of drug-likeness (QED) is 0.524. The van der Waals surface area contributed by atoms with E-state index >= 15 is 0 Å². The Morgan fingerprint density at radius 2 is 1.65 bits per heavy atom. The van der Waals surface area contributed by atoms with Gasteiger partial charge < -0.3 is 5.73 Å². The highest BCUT2D eigenvalue weighted by Crippen LogP contribution is 2.35. The molecule has 0 bridgehead atoms. The highest BCUT2D eigenvalue weighted by atomic mass is 35.5. The van der Waals surface area contributed by atoms with Crippen molar-refractivity contribution in [2.45, 2.75) is 19.3 Å². The van der Waals surface area contributed by atoms with Crippen LogP contribution in [0.1, 0.15) is 25.0 Å². The molecule has 0 aliphatic rings. The molecule has 5 heteroatoms. The average Bonchev–Trinajstić information content (AvgIpc) is 2.39. The SMILES string of the molecule is CC(C)(c1ccc(Cl)cc1)c1ccc(N)c([N+](=O)[O-])c1. The van der Waals surface area contributed by atoms with Crippen molar-refractivity contribution in [3.05, 3.63) is 68.7 Å². The second-order valence-corrected chi connectivity index (χ2v) is 5.60. The Hall–Kier alpha value is -2.07. The maximum absolute atomic E-state index is 11.0. The first kappa shape index (κ1) is 14.3. The molecule has 0 aliphatic heterocycles. The third kappa shape index (κ3) is 2.60. The van der Waals surface area contributed by atoms with Gasteiger partial charge in [0, 0.05) is 16.5 Å². The molecule has 2 N–H and O–H groups in total. The van der Waals surface area contributed by atoms with Gasteiger partial charge in [0.2, 0.25) is 0 Å². The topological polar surface area (TPSA) is 69.2 Å². The number of anilines is 1. The van der Waals surface area contributed by atoms with E-state index in [-0.39, 0.29) is 16.8 Å². The monoisotopic (exact) mass is 290 g/mol. The van der Waals surface area contributed by atoms with Crippen molar-refractivity contribution in [3.63, 3.8) is 0 Å². The Bertz CT molecular complexity index is 651. The fraction of sp³-hybridized carbons (Fsp3) is 0.200. The van der Waals surface area contributed by atoms with Crippen molar-refractivity contribution < 1.29 is 4.92 Å². The number of halogens is 1. The van der Waals surface area contributed by atoms with Crippen LogP contribution in [0, 0.1) is 10.1 Å². The van der Waals surface area contributed by atoms with Gasteiger partial charge in [-0.2, -0.15) is 0 Å². The van der Waals surface area contributed by atoms with Gasteiger partial charge in [-0.15, -0.1) is 0 Å². The van der Waals surface area contributed by atoms with E-state index in [1.807, 2.05) is 44.2 Å². The summed E-state index contributed by atoms with van der Waals surface area (Å²) in [5.41, 5.74) is 7.23. The minimum Gasteiger partial charge on any atom is -0.393 e. The Kier molecular flexibility index (Phi) is 3.68. The minimum atomic E-state index is -0.462. The standard InChI is InChI=1S/C15H15ClN2O2/c1-15(2,10-3-6-12(16)7-4-10)11-5-8-13(17)14(9-11)18(19)20/h3-9H,17H2,1-2H3. The number of nitrogens with two attached hydrogens (primary N) is 1. The summed E-state index contributed by atoms with van der Waals surface area (Å²) in [6.07, 6.45) is 0. The molecule has 0 unspecified atom stereocenters. The summed E-state index contributed by atoms with van der Waals surface area (Å²) in [6.45, 7) is 4.01. The molecule has 0 aliphatic carbocycles. The third-order valence-electron chi connectivity index (χ3n) is 3.51. The summed E-state index contributed by atoms with van der Waals surface area (Å²) in [6, 6.07) is 12.4. The van der Waals surface area contributed by atoms with E-state index in [1.165, 1.54) is 6.07 Å². The van der Waals surface area contributed by atoms with E-state index in [1.54, 1.807) is 6.07 Å². The average molecular weight is 291 g/mol. The van der Waals surface area contributed by atoms with Crippen LogP contribution >= 0.6 is 11.6 Å². The molecule has 0 saturated carbocycles. The van der Waals surface area contributed by atoms with Gasteiger partial charge in [0.25, 0.3) is 5.69 Å². The molecule has 20 heavy (non-hydrogen) atoms. The number of nitro groups is 1. The van der Waals surface area contributed by atoms with Crippen LogP contribution in [0.3, 0.4) is 0 Å². The number of nitrogens with zero attached hydrogens (tertiary/aromatic N) is 1. The van der Waals surface area contributed by atoms with Crippen molar-refractivity contribution in [1.82, 2.24) is 0 Å². The van der Waals surface area contributed by atoms with E-state index < -0.39 is 4.92 Å². The Labute approximate surface area is 122 Å². The molecule has 0 atom stereocenters. The van der Waals surface area contributed by atoms with E-state index in [4.69, 9.17) is 17.3 Å². The van der Waals surface area contributed by atoms with Crippen LogP contribution in [0.25, 0.3) is 0 Å². The second-order valence-electron chi connectivity index (χ2n) is 5.16. The highest BCUT2D eigenvalue weighted by Gasteiger charge is 2.25. The summed E-state index contributed by atoms with van der Waals surface area (Å²) in [4.78, 5) is 10.5. The first-order valence-electron chi connectivity index (χ1n) is 6.13. The normalized spacial score (nSPS) is 11.3. The molecule has 4 nitrogen and oxygen atoms in total. The van der Waals surface area contributed by atoms with Crippen molar-refractivity contribution in [2.24, 2.45) is 0 Å². The van der Waals surface area contributed by atoms with Gasteiger partial charge in [0.05, 0.1) is 4.92 Å². The van der Waals surface area contributed by atoms with Crippen molar-refractivity contribution in [1.29, 1.82) is 0 Å². The molecule has 2 aromatic rings. The van der Waals surface area contributed by atoms with E-state index in [2.05, 4.69) is 0 Å². The lowest BCUT2D eigenvalue weighted by atomic mass is 9.78. The van der Waals surface area contributed by atoms with Crippen LogP contribution in [-0.4, -0.2) is 4.92 Å². The maximum atomic E-state index is 11.0. The van der Waals surface area contributed by atoms with Crippen LogP contribution in [0.5, 0.6) is 0 Å². The fourth-order valence-electron chi connectivity index (χ4n) is 2.12. The number of hydrogen-bond acceptors (Lipinski definition) is 3. The zero-order valence-electron chi connectivity index (χ0n) is 11.3. The Morgan fingerprint density at radius 3 is 2.20 bits per heavy atom. The summed E-state index contributed by atoms with van der Waals surface area (Å²) in [5, 5.41) is 11.7. The van der Waals surface area contributed by atoms with Gasteiger partial charge in [-0.25, -0.2) is 0 Å². The minimum absolute atomic E-state index is 0.0652. The maximum Gasteiger partial charge on any atom is 0.292 e. The molecule has 104 valence electrons. The van der Waals surface area contributed by atoms with Crippen molar-refractivity contribution in [3.8, 4) is 0 Å². The van der Waals surface area contributed by atoms with Gasteiger partial charge in [-0.05, 0) is 29.3 Å². The summed E-state index contributed by atoms with van der Waals surface area (Å²) in [7, 11) is 0. The van der Waals surface area contributed by atoms with Crippen LogP contribution in [0.4, 0.5) is 11.4 Å². The molecule has 0 aromatic heterocycles. The van der Waals surface area contributed by atoms with E-state index in [0.29, 0.717) is 5.02 Å². The van der Waals surface area contributed by atoms with Crippen LogP contribution in [-0.2, 0) is 5.41 Å². The largest absolute Gasteiger partial charge is 0.393 e. The van der Waals surface area contributed by atoms with Gasteiger partial charge in [-0.1, -0.05) is 43.6 Å². The second kappa shape index (κ2) is 5.13. The molecule has 0 amide bonds. The Morgan fingerprint density at radius 1 is 1.10 bits per heavy atom. The summed E-state index contributed by atoms with van der Waals surface area (Å²) in [5.74, 6) is 0. The van der Waals surface area contributed by atoms with Crippen molar-refractivity contribution >= 4 is 23.0 Å². The van der Waals surface area contributed by atoms with E-state index in [0.717, 1.165) is 11.1 Å². The van der Waals surface area contributed by atoms with Gasteiger partial charge in [0.1, 0.15) is 5.69 Å². The molecule has 0 heterocycles. The fourth-order valence-corrected chi connectivity index (χ4v) is 2.25. The molecule has 2 aromatic carbocycles. The molecule has 2 rings (SSSR count). The molecule has 0 fully saturated rings. The van der Waals surface area contributed by atoms with Crippen molar-refractivity contribution in [2.75, 3.05) is 5.73 Å². The number of nitrogen functional groups attached to an aromatic ring is 1. The summed E-state index contributed by atoms with van der Waals surface area (Å²) < 4.78 is 0. The predicted octanol–water partition coefficient (Wildman–Crippen LogP) is 4.16. The third-order valence-corrected chi connectivity index (χ3v) is 3.77. The molecular weight excluding hydrogens is 276 g/mol. The number of nitro benzene ring substituents is 1. The highest BCUT2D eigenvalue weighted by molar-refractivity contribution is 6.30. The first-order chi connectivity index (χ1) is 9.32. The first-order valence-corrected chi connectivity index (χ1v) is 6.50. The Balaban J connectivity index is 2.51. The molecule has 0 saturated heterocycles. The number of rotatable bonds is 3. The lowest BCUT2D eigenvalue weighted by molar-refractivity contribution is -0.384. The molecular formula is C15H15ClN2O2. The predicted molar refractivity (Wildman–Crippen MR) is 81.1 cm³/mol. The lowest BCUT2D eigenvalue weighted by Gasteiger charge is -2.26.